The number of rotatable bonds is 1. The van der Waals surface area contributed by atoms with E-state index in [0.717, 1.165) is 17.3 Å². The maximum absolute atomic E-state index is 15.7. The van der Waals surface area contributed by atoms with Crippen LogP contribution in [0.4, 0.5) is 14.5 Å². The molecule has 2 unspecified atom stereocenters. The third-order valence-corrected chi connectivity index (χ3v) is 8.19. The highest BCUT2D eigenvalue weighted by Crippen LogP contribution is 2.50. The summed E-state index contributed by atoms with van der Waals surface area (Å²) in [4.78, 5) is 29.6. The number of morpholine rings is 1. The van der Waals surface area contributed by atoms with Gasteiger partial charge in [0, 0.05) is 36.5 Å². The lowest BCUT2D eigenvalue weighted by molar-refractivity contribution is -0.0197. The van der Waals surface area contributed by atoms with Crippen LogP contribution in [0.5, 0.6) is 11.5 Å². The molecule has 0 spiro atoms. The molecule has 2 atom stereocenters. The van der Waals surface area contributed by atoms with Gasteiger partial charge in [0.2, 0.25) is 5.43 Å². The third kappa shape index (κ3) is 3.25. The van der Waals surface area contributed by atoms with Crippen LogP contribution in [0, 0.1) is 11.6 Å². The first-order valence-electron chi connectivity index (χ1n) is 12.8. The number of carbonyl (C=O) groups is 1. The second-order valence-corrected chi connectivity index (χ2v) is 10.9. The molecule has 11 heteroatoms. The van der Waals surface area contributed by atoms with Crippen LogP contribution < -0.4 is 20.1 Å². The lowest BCUT2D eigenvalue weighted by Crippen LogP contribution is -2.66. The van der Waals surface area contributed by atoms with Crippen molar-refractivity contribution in [2.75, 3.05) is 36.3 Å². The maximum atomic E-state index is 15.7. The number of aromatic nitrogens is 1. The molecule has 1 amide bonds. The number of benzene rings is 2. The van der Waals surface area contributed by atoms with Gasteiger partial charge in [-0.25, -0.2) is 8.78 Å². The van der Waals surface area contributed by atoms with Crippen molar-refractivity contribution in [1.29, 1.82) is 0 Å². The highest BCUT2D eigenvalue weighted by Gasteiger charge is 2.48. The molecule has 1 N–H and O–H groups in total. The molecule has 1 saturated heterocycles. The van der Waals surface area contributed by atoms with E-state index in [2.05, 4.69) is 0 Å². The predicted octanol–water partition coefficient (Wildman–Crippen LogP) is 2.86. The number of hydrogen-bond donors (Lipinski definition) is 1. The van der Waals surface area contributed by atoms with Crippen LogP contribution in [0.3, 0.4) is 0 Å². The van der Waals surface area contributed by atoms with Gasteiger partial charge in [0.1, 0.15) is 24.6 Å². The number of anilines is 1. The highest BCUT2D eigenvalue weighted by atomic mass is 19.2. The summed E-state index contributed by atoms with van der Waals surface area (Å²) in [7, 11) is 0. The second kappa shape index (κ2) is 8.19. The van der Waals surface area contributed by atoms with Crippen LogP contribution in [0.25, 0.3) is 0 Å². The molecule has 1 aromatic heterocycles. The van der Waals surface area contributed by atoms with Crippen molar-refractivity contribution in [1.82, 2.24) is 9.58 Å². The molecule has 4 aliphatic heterocycles. The molecule has 39 heavy (non-hydrogen) atoms. The Morgan fingerprint density at radius 1 is 1.08 bits per heavy atom. The molecule has 0 bridgehead atoms. The minimum absolute atomic E-state index is 0.0930. The van der Waals surface area contributed by atoms with E-state index in [1.807, 2.05) is 42.0 Å². The van der Waals surface area contributed by atoms with Gasteiger partial charge in [0.15, 0.2) is 23.1 Å². The number of fused-ring (bicyclic) bond motifs is 3. The van der Waals surface area contributed by atoms with Crippen molar-refractivity contribution < 1.29 is 28.2 Å². The summed E-state index contributed by atoms with van der Waals surface area (Å²) in [6, 6.07) is 8.68. The third-order valence-electron chi connectivity index (χ3n) is 8.19. The lowest BCUT2D eigenvalue weighted by atomic mass is 9.92. The number of nitrogens with zero attached hydrogens (tertiary/aromatic N) is 4. The van der Waals surface area contributed by atoms with Crippen molar-refractivity contribution in [3.63, 3.8) is 0 Å². The van der Waals surface area contributed by atoms with Gasteiger partial charge >= 0.3 is 0 Å². The number of para-hydroxylation sites is 1. The van der Waals surface area contributed by atoms with E-state index < -0.39 is 46.5 Å². The number of ether oxygens (including phenoxy) is 2. The quantitative estimate of drug-likeness (QED) is 0.512. The molecule has 0 saturated carbocycles. The van der Waals surface area contributed by atoms with E-state index in [0.29, 0.717) is 17.9 Å². The van der Waals surface area contributed by atoms with E-state index >= 15 is 4.39 Å². The number of halogens is 2. The Labute approximate surface area is 222 Å². The van der Waals surface area contributed by atoms with E-state index in [4.69, 9.17) is 9.47 Å². The molecule has 4 aliphatic rings. The summed E-state index contributed by atoms with van der Waals surface area (Å²) in [5.74, 6) is -2.46. The minimum atomic E-state index is -0.956. The predicted molar refractivity (Wildman–Crippen MR) is 137 cm³/mol. The van der Waals surface area contributed by atoms with E-state index in [-0.39, 0.29) is 37.6 Å². The maximum Gasteiger partial charge on any atom is 0.278 e. The Bertz CT molecular complexity index is 1610. The number of aromatic hydroxyl groups is 1. The average molecular weight is 537 g/mol. The van der Waals surface area contributed by atoms with Crippen molar-refractivity contribution in [3.05, 3.63) is 86.8 Å². The summed E-state index contributed by atoms with van der Waals surface area (Å²) in [5.41, 5.74) is 0.741. The van der Waals surface area contributed by atoms with Crippen LogP contribution >= 0.6 is 0 Å². The van der Waals surface area contributed by atoms with Gasteiger partial charge in [-0.2, -0.15) is 0 Å². The normalized spacial score (nSPS) is 22.8. The van der Waals surface area contributed by atoms with Gasteiger partial charge in [0.25, 0.3) is 5.91 Å². The van der Waals surface area contributed by atoms with Gasteiger partial charge in [0.05, 0.1) is 24.4 Å². The fourth-order valence-corrected chi connectivity index (χ4v) is 6.26. The molecule has 2 aromatic carbocycles. The van der Waals surface area contributed by atoms with Crippen LogP contribution in [-0.2, 0) is 11.3 Å². The number of pyridine rings is 1. The van der Waals surface area contributed by atoms with Gasteiger partial charge in [-0.05, 0) is 31.5 Å². The van der Waals surface area contributed by atoms with Crippen molar-refractivity contribution in [2.24, 2.45) is 0 Å². The molecule has 7 rings (SSSR count). The Morgan fingerprint density at radius 3 is 2.72 bits per heavy atom. The Hall–Kier alpha value is -4.12. The zero-order valence-corrected chi connectivity index (χ0v) is 21.4. The van der Waals surface area contributed by atoms with Gasteiger partial charge in [-0.15, -0.1) is 0 Å². The zero-order chi connectivity index (χ0) is 27.2. The summed E-state index contributed by atoms with van der Waals surface area (Å²) in [5, 5.41) is 12.6. The number of amides is 1. The van der Waals surface area contributed by atoms with Gasteiger partial charge < -0.3 is 24.4 Å². The van der Waals surface area contributed by atoms with Gasteiger partial charge in [-0.1, -0.05) is 18.2 Å². The molecule has 3 aromatic rings. The molecular formula is C28H26F2N4O5. The lowest BCUT2D eigenvalue weighted by Gasteiger charge is -2.51. The van der Waals surface area contributed by atoms with Crippen LogP contribution in [-0.4, -0.2) is 58.7 Å². The summed E-state index contributed by atoms with van der Waals surface area (Å²) < 4.78 is 43.8. The first-order chi connectivity index (χ1) is 18.7. The molecule has 202 valence electrons. The summed E-state index contributed by atoms with van der Waals surface area (Å²) >= 11 is 0. The second-order valence-electron chi connectivity index (χ2n) is 10.9. The Morgan fingerprint density at radius 2 is 1.90 bits per heavy atom. The van der Waals surface area contributed by atoms with Crippen LogP contribution in [0.1, 0.15) is 47.1 Å². The molecule has 1 fully saturated rings. The Balaban J connectivity index is 1.57. The van der Waals surface area contributed by atoms with Crippen molar-refractivity contribution in [3.8, 4) is 11.5 Å². The van der Waals surface area contributed by atoms with Crippen LogP contribution in [0.15, 0.2) is 47.4 Å². The Kier molecular flexibility index (Phi) is 5.03. The number of hydrogen-bond acceptors (Lipinski definition) is 7. The average Bonchev–Trinajstić information content (AvgIpc) is 3.07. The van der Waals surface area contributed by atoms with Crippen LogP contribution in [0.2, 0.25) is 0 Å². The molecular weight excluding hydrogens is 510 g/mol. The first kappa shape index (κ1) is 24.0. The molecule has 0 aliphatic carbocycles. The van der Waals surface area contributed by atoms with E-state index in [1.165, 1.54) is 16.9 Å². The molecule has 5 heterocycles. The topological polar surface area (TPSA) is 87.5 Å². The van der Waals surface area contributed by atoms with Crippen molar-refractivity contribution >= 4 is 11.6 Å². The largest absolute Gasteiger partial charge is 0.502 e. The van der Waals surface area contributed by atoms with E-state index in [9.17, 15) is 19.1 Å². The fourth-order valence-electron chi connectivity index (χ4n) is 6.26. The highest BCUT2D eigenvalue weighted by molar-refractivity contribution is 5.96. The minimum Gasteiger partial charge on any atom is -0.502 e. The molecule has 9 nitrogen and oxygen atoms in total. The summed E-state index contributed by atoms with van der Waals surface area (Å²) in [6.07, 6.45) is 0.769. The van der Waals surface area contributed by atoms with E-state index in [1.54, 1.807) is 11.0 Å². The summed E-state index contributed by atoms with van der Waals surface area (Å²) in [6.45, 7) is 5.06. The zero-order valence-electron chi connectivity index (χ0n) is 21.4. The van der Waals surface area contributed by atoms with Crippen molar-refractivity contribution in [2.45, 2.75) is 38.1 Å². The molecule has 0 radical (unpaired) electrons. The number of carbonyl (C=O) groups excluding carboxylic acids is 1. The fraction of sp³-hybridized carbons (Fsp3) is 0.357. The first-order valence-corrected chi connectivity index (χ1v) is 12.8. The SMILES string of the molecule is CC1(C)COc2cccc3c2N1Cc1c(ccc(F)c1F)C3N1C2COCCN2C(=O)c2c(O)c(=O)ccn21. The van der Waals surface area contributed by atoms with Gasteiger partial charge in [-0.3, -0.25) is 19.3 Å². The standard InChI is InChI=1S/C28H26F2N4O5/c1-28(2)14-39-20-5-3-4-16-23(15-6-7-18(29)22(30)17(15)12-32(28)24(16)20)34-21-13-38-11-10-31(21)27(37)25-26(36)19(35)8-9-33(25)34/h3-9,21,23,36H,10-14H2,1-2H3. The monoisotopic (exact) mass is 536 g/mol. The smallest absolute Gasteiger partial charge is 0.278 e.